The molecule has 0 fully saturated rings. The van der Waals surface area contributed by atoms with Gasteiger partial charge < -0.3 is 0 Å². The lowest BCUT2D eigenvalue weighted by molar-refractivity contribution is 0.493. The molecule has 182 valence electrons. The summed E-state index contributed by atoms with van der Waals surface area (Å²) in [6.07, 6.45) is 1.05. The van der Waals surface area contributed by atoms with Crippen LogP contribution in [0.3, 0.4) is 0 Å². The molecule has 0 aromatic heterocycles. The number of allylic oxidation sites excluding steroid dienone is 2. The van der Waals surface area contributed by atoms with Crippen molar-refractivity contribution >= 4 is 61.9 Å². The van der Waals surface area contributed by atoms with E-state index in [1.54, 1.807) is 13.8 Å². The monoisotopic (exact) mass is 630 g/mol. The number of rotatable bonds is 5. The molecule has 2 aromatic carbocycles. The third-order valence-electron chi connectivity index (χ3n) is 6.76. The highest BCUT2D eigenvalue weighted by atomic mass is 79.9. The molecule has 0 aliphatic heterocycles. The molecule has 0 radical (unpaired) electrons. The van der Waals surface area contributed by atoms with Crippen LogP contribution in [0.2, 0.25) is 0 Å². The number of benzene rings is 2. The summed E-state index contributed by atoms with van der Waals surface area (Å²) in [5.74, 6) is -0.523. The third kappa shape index (κ3) is 4.26. The fourth-order valence-corrected chi connectivity index (χ4v) is 9.40. The fourth-order valence-electron chi connectivity index (χ4n) is 5.49. The first-order valence-electron chi connectivity index (χ1n) is 10.6. The maximum Gasteiger partial charge on any atom is 0.295 e. The SMILES string of the molecule is CC1=C(S(=O)(=O)O)c2c(Br)cc(C)cc2C1CCC1C(C)=C(S(=O)(=O)O)c2c(Br)cc(C)cc21. The zero-order valence-electron chi connectivity index (χ0n) is 19.0. The van der Waals surface area contributed by atoms with Crippen LogP contribution in [0.1, 0.15) is 71.9 Å². The van der Waals surface area contributed by atoms with E-state index in [1.807, 2.05) is 38.1 Å². The van der Waals surface area contributed by atoms with E-state index >= 15 is 0 Å². The van der Waals surface area contributed by atoms with Gasteiger partial charge in [-0.2, -0.15) is 16.8 Å². The molecule has 2 aliphatic carbocycles. The van der Waals surface area contributed by atoms with Gasteiger partial charge in [0.2, 0.25) is 0 Å². The number of aryl methyl sites for hydroxylation is 2. The van der Waals surface area contributed by atoms with E-state index < -0.39 is 20.2 Å². The smallest absolute Gasteiger partial charge is 0.282 e. The molecular formula is C24H24Br2O6S2. The Labute approximate surface area is 216 Å². The predicted octanol–water partition coefficient (Wildman–Crippen LogP) is 6.74. The lowest BCUT2D eigenvalue weighted by Gasteiger charge is -2.20. The van der Waals surface area contributed by atoms with E-state index in [2.05, 4.69) is 31.9 Å². The third-order valence-corrected chi connectivity index (χ3v) is 10.1. The molecule has 0 spiro atoms. The van der Waals surface area contributed by atoms with E-state index in [-0.39, 0.29) is 21.6 Å². The number of fused-ring (bicyclic) bond motifs is 2. The Morgan fingerprint density at radius 3 is 1.29 bits per heavy atom. The van der Waals surface area contributed by atoms with Crippen LogP contribution in [-0.2, 0) is 20.2 Å². The van der Waals surface area contributed by atoms with Crippen LogP contribution in [0.5, 0.6) is 0 Å². The summed E-state index contributed by atoms with van der Waals surface area (Å²) in [5.41, 5.74) is 5.62. The van der Waals surface area contributed by atoms with Gasteiger partial charge in [0.1, 0.15) is 9.81 Å². The minimum atomic E-state index is -4.45. The molecule has 2 N–H and O–H groups in total. The van der Waals surface area contributed by atoms with Crippen LogP contribution in [0.15, 0.2) is 44.4 Å². The summed E-state index contributed by atoms with van der Waals surface area (Å²) in [7, 11) is -8.90. The Morgan fingerprint density at radius 2 is 1.00 bits per heavy atom. The highest BCUT2D eigenvalue weighted by Gasteiger charge is 2.40. The van der Waals surface area contributed by atoms with Crippen LogP contribution in [-0.4, -0.2) is 25.9 Å². The van der Waals surface area contributed by atoms with Crippen LogP contribution in [0, 0.1) is 13.8 Å². The maximum atomic E-state index is 12.3. The van der Waals surface area contributed by atoms with E-state index in [1.165, 1.54) is 0 Å². The Hall–Kier alpha value is -1.30. The average molecular weight is 632 g/mol. The molecule has 34 heavy (non-hydrogen) atoms. The lowest BCUT2D eigenvalue weighted by atomic mass is 9.84. The molecule has 2 aliphatic rings. The molecule has 2 atom stereocenters. The maximum absolute atomic E-state index is 12.3. The van der Waals surface area contributed by atoms with Crippen molar-refractivity contribution in [2.75, 3.05) is 0 Å². The van der Waals surface area contributed by atoms with Crippen molar-refractivity contribution in [3.63, 3.8) is 0 Å². The van der Waals surface area contributed by atoms with Gasteiger partial charge in [0.05, 0.1) is 0 Å². The Bertz CT molecular complexity index is 1400. The highest BCUT2D eigenvalue weighted by molar-refractivity contribution is 9.10. The first kappa shape index (κ1) is 25.8. The first-order chi connectivity index (χ1) is 15.6. The minimum absolute atomic E-state index is 0.0734. The molecule has 0 amide bonds. The molecule has 10 heteroatoms. The van der Waals surface area contributed by atoms with Gasteiger partial charge in [0.15, 0.2) is 0 Å². The summed E-state index contributed by atoms with van der Waals surface area (Å²) < 4.78 is 70.2. The van der Waals surface area contributed by atoms with Gasteiger partial charge in [-0.05, 0) is 86.1 Å². The van der Waals surface area contributed by atoms with Crippen molar-refractivity contribution in [2.45, 2.75) is 52.4 Å². The number of halogens is 2. The van der Waals surface area contributed by atoms with Crippen molar-refractivity contribution in [3.8, 4) is 0 Å². The van der Waals surface area contributed by atoms with Crippen LogP contribution in [0.4, 0.5) is 0 Å². The number of hydrogen-bond donors (Lipinski definition) is 2. The van der Waals surface area contributed by atoms with Crippen LogP contribution >= 0.6 is 31.9 Å². The second-order valence-electron chi connectivity index (χ2n) is 9.08. The molecule has 4 rings (SSSR count). The summed E-state index contributed by atoms with van der Waals surface area (Å²) in [6, 6.07) is 7.50. The minimum Gasteiger partial charge on any atom is -0.282 e. The van der Waals surface area contributed by atoms with Crippen molar-refractivity contribution in [1.29, 1.82) is 0 Å². The summed E-state index contributed by atoms with van der Waals surface area (Å²) in [4.78, 5) is -0.147. The molecule has 2 unspecified atom stereocenters. The van der Waals surface area contributed by atoms with Gasteiger partial charge in [0, 0.05) is 31.9 Å². The zero-order valence-corrected chi connectivity index (χ0v) is 23.8. The summed E-state index contributed by atoms with van der Waals surface area (Å²) in [5, 5.41) is 0. The highest BCUT2D eigenvalue weighted by Crippen LogP contribution is 2.53. The molecule has 6 nitrogen and oxygen atoms in total. The van der Waals surface area contributed by atoms with Crippen LogP contribution < -0.4 is 0 Å². The Morgan fingerprint density at radius 1 is 0.676 bits per heavy atom. The molecule has 0 heterocycles. The molecule has 0 bridgehead atoms. The summed E-state index contributed by atoms with van der Waals surface area (Å²) in [6.45, 7) is 7.26. The second-order valence-corrected chi connectivity index (χ2v) is 13.5. The standard InChI is InChI=1S/C24H24Br2O6S2/c1-11-7-17-15(13(3)23(33(27,28)29)21(17)19(25)9-11)5-6-16-14(4)24(34(30,31)32)22-18(16)8-12(2)10-20(22)26/h7-10,15-16H,5-6H2,1-4H3,(H,27,28,29)(H,30,31,32). The molecule has 0 saturated heterocycles. The fraction of sp³-hybridized carbons (Fsp3) is 0.333. The van der Waals surface area contributed by atoms with E-state index in [0.29, 0.717) is 44.1 Å². The van der Waals surface area contributed by atoms with Crippen molar-refractivity contribution < 1.29 is 25.9 Å². The van der Waals surface area contributed by atoms with E-state index in [0.717, 1.165) is 22.3 Å². The lowest BCUT2D eigenvalue weighted by Crippen LogP contribution is -2.04. The number of hydrogen-bond acceptors (Lipinski definition) is 4. The molecule has 0 saturated carbocycles. The van der Waals surface area contributed by atoms with Gasteiger partial charge in [0.25, 0.3) is 20.2 Å². The summed E-state index contributed by atoms with van der Waals surface area (Å²) >= 11 is 6.93. The van der Waals surface area contributed by atoms with Gasteiger partial charge in [-0.1, -0.05) is 44.0 Å². The molecular weight excluding hydrogens is 608 g/mol. The van der Waals surface area contributed by atoms with E-state index in [4.69, 9.17) is 0 Å². The predicted molar refractivity (Wildman–Crippen MR) is 141 cm³/mol. The Kier molecular flexibility index (Phi) is 6.58. The topological polar surface area (TPSA) is 109 Å². The van der Waals surface area contributed by atoms with E-state index in [9.17, 15) is 25.9 Å². The zero-order chi connectivity index (χ0) is 25.3. The Balaban J connectivity index is 1.81. The quantitative estimate of drug-likeness (QED) is 0.354. The van der Waals surface area contributed by atoms with Gasteiger partial charge in [-0.25, -0.2) is 0 Å². The van der Waals surface area contributed by atoms with Gasteiger partial charge in [-0.3, -0.25) is 9.11 Å². The van der Waals surface area contributed by atoms with Crippen LogP contribution in [0.25, 0.3) is 9.81 Å². The largest absolute Gasteiger partial charge is 0.295 e. The first-order valence-corrected chi connectivity index (χ1v) is 15.1. The van der Waals surface area contributed by atoms with Gasteiger partial charge >= 0.3 is 0 Å². The molecule has 2 aromatic rings. The van der Waals surface area contributed by atoms with Gasteiger partial charge in [-0.15, -0.1) is 0 Å². The van der Waals surface area contributed by atoms with Crippen molar-refractivity contribution in [3.05, 3.63) is 77.7 Å². The second kappa shape index (κ2) is 8.67. The normalized spacial score (nSPS) is 20.2. The van der Waals surface area contributed by atoms with Crippen molar-refractivity contribution in [2.24, 2.45) is 0 Å². The van der Waals surface area contributed by atoms with Crippen molar-refractivity contribution in [1.82, 2.24) is 0 Å². The average Bonchev–Trinajstić information content (AvgIpc) is 3.11.